The molecular formula is C15H23N5O2. The van der Waals surface area contributed by atoms with Gasteiger partial charge in [-0.1, -0.05) is 5.16 Å². The van der Waals surface area contributed by atoms with Crippen LogP contribution in [0.4, 0.5) is 0 Å². The third-order valence-corrected chi connectivity index (χ3v) is 4.28. The average molecular weight is 305 g/mol. The Morgan fingerprint density at radius 1 is 1.41 bits per heavy atom. The molecule has 3 rings (SSSR count). The van der Waals surface area contributed by atoms with Gasteiger partial charge in [0.05, 0.1) is 30.1 Å². The van der Waals surface area contributed by atoms with Gasteiger partial charge >= 0.3 is 0 Å². The lowest BCUT2D eigenvalue weighted by molar-refractivity contribution is -0.0639. The van der Waals surface area contributed by atoms with Crippen molar-refractivity contribution in [3.05, 3.63) is 35.5 Å². The molecule has 2 atom stereocenters. The van der Waals surface area contributed by atoms with Gasteiger partial charge in [-0.3, -0.25) is 9.58 Å². The third-order valence-electron chi connectivity index (χ3n) is 4.28. The molecule has 0 spiro atoms. The van der Waals surface area contributed by atoms with Gasteiger partial charge in [-0.2, -0.15) is 5.10 Å². The van der Waals surface area contributed by atoms with Gasteiger partial charge in [-0.25, -0.2) is 0 Å². The number of likely N-dealkylation sites (N-methyl/N-ethyl adjacent to an activating group) is 1. The van der Waals surface area contributed by atoms with Gasteiger partial charge in [0.15, 0.2) is 0 Å². The Morgan fingerprint density at radius 2 is 2.27 bits per heavy atom. The number of hydrogen-bond acceptors (Lipinski definition) is 6. The molecule has 0 amide bonds. The Bertz CT molecular complexity index is 609. The summed E-state index contributed by atoms with van der Waals surface area (Å²) in [6.07, 6.45) is 3.62. The maximum Gasteiger partial charge on any atom is 0.128 e. The third kappa shape index (κ3) is 3.06. The second-order valence-electron chi connectivity index (χ2n) is 5.77. The van der Waals surface area contributed by atoms with Crippen LogP contribution in [-0.4, -0.2) is 52.7 Å². The van der Waals surface area contributed by atoms with E-state index in [9.17, 15) is 0 Å². The van der Waals surface area contributed by atoms with E-state index in [-0.39, 0.29) is 12.1 Å². The van der Waals surface area contributed by atoms with Crippen molar-refractivity contribution in [3.8, 4) is 0 Å². The molecule has 0 saturated carbocycles. The summed E-state index contributed by atoms with van der Waals surface area (Å²) in [5, 5.41) is 11.6. The quantitative estimate of drug-likeness (QED) is 0.884. The van der Waals surface area contributed by atoms with Crippen molar-refractivity contribution in [1.82, 2.24) is 25.2 Å². The molecule has 3 heterocycles. The molecule has 120 valence electrons. The number of hydrogen-bond donors (Lipinski definition) is 1. The maximum atomic E-state index is 6.01. The monoisotopic (exact) mass is 305 g/mol. The highest BCUT2D eigenvalue weighted by Crippen LogP contribution is 2.27. The second-order valence-corrected chi connectivity index (χ2v) is 5.77. The number of rotatable bonds is 5. The summed E-state index contributed by atoms with van der Waals surface area (Å²) in [6.45, 7) is 5.13. The van der Waals surface area contributed by atoms with Crippen LogP contribution in [0.5, 0.6) is 0 Å². The van der Waals surface area contributed by atoms with E-state index in [0.717, 1.165) is 37.5 Å². The zero-order valence-corrected chi connectivity index (χ0v) is 13.3. The van der Waals surface area contributed by atoms with Crippen LogP contribution in [0, 0.1) is 6.92 Å². The van der Waals surface area contributed by atoms with E-state index in [2.05, 4.69) is 33.6 Å². The predicted molar refractivity (Wildman–Crippen MR) is 81.3 cm³/mol. The molecule has 7 nitrogen and oxygen atoms in total. The first-order valence-electron chi connectivity index (χ1n) is 7.57. The minimum absolute atomic E-state index is 0.0920. The van der Waals surface area contributed by atoms with Crippen LogP contribution in [0.15, 0.2) is 23.0 Å². The lowest BCUT2D eigenvalue weighted by Crippen LogP contribution is -2.48. The largest absolute Gasteiger partial charge is 0.374 e. The van der Waals surface area contributed by atoms with Crippen molar-refractivity contribution >= 4 is 0 Å². The van der Waals surface area contributed by atoms with Crippen molar-refractivity contribution in [2.24, 2.45) is 7.05 Å². The highest BCUT2D eigenvalue weighted by atomic mass is 16.5. The fourth-order valence-electron chi connectivity index (χ4n) is 2.95. The summed E-state index contributed by atoms with van der Waals surface area (Å²) in [7, 11) is 4.11. The summed E-state index contributed by atoms with van der Waals surface area (Å²) < 4.78 is 12.9. The normalized spacial score (nSPS) is 23.0. The number of morpholine rings is 1. The standard InChI is InChI=1S/C15H23N5O2/c1-11-12(10-22-18-11)8-16-9-14-15(19(2)6-7-21-14)13-4-5-17-20(13)3/h4-5,10,14-16H,6-9H2,1-3H3/t14-,15-/m0/s1. The molecule has 0 aromatic carbocycles. The minimum atomic E-state index is 0.0920. The Morgan fingerprint density at radius 3 is 2.95 bits per heavy atom. The minimum Gasteiger partial charge on any atom is -0.374 e. The summed E-state index contributed by atoms with van der Waals surface area (Å²) in [6, 6.07) is 2.27. The Kier molecular flexibility index (Phi) is 4.56. The van der Waals surface area contributed by atoms with Gasteiger partial charge in [0.2, 0.25) is 0 Å². The first-order valence-corrected chi connectivity index (χ1v) is 7.57. The van der Waals surface area contributed by atoms with E-state index in [4.69, 9.17) is 9.26 Å². The molecule has 7 heteroatoms. The summed E-state index contributed by atoms with van der Waals surface area (Å²) >= 11 is 0. The van der Waals surface area contributed by atoms with E-state index in [1.165, 1.54) is 5.69 Å². The zero-order valence-electron chi connectivity index (χ0n) is 13.3. The van der Waals surface area contributed by atoms with Crippen molar-refractivity contribution in [2.75, 3.05) is 26.7 Å². The second kappa shape index (κ2) is 6.60. The highest BCUT2D eigenvalue weighted by molar-refractivity contribution is 5.13. The molecule has 0 unspecified atom stereocenters. The van der Waals surface area contributed by atoms with E-state index in [0.29, 0.717) is 0 Å². The number of aryl methyl sites for hydroxylation is 2. The van der Waals surface area contributed by atoms with E-state index in [1.54, 1.807) is 6.26 Å². The predicted octanol–water partition coefficient (Wildman–Crippen LogP) is 0.878. The Labute approximate surface area is 130 Å². The van der Waals surface area contributed by atoms with Gasteiger partial charge in [0.1, 0.15) is 6.26 Å². The average Bonchev–Trinajstić information content (AvgIpc) is 3.09. The highest BCUT2D eigenvalue weighted by Gasteiger charge is 2.33. The molecule has 1 N–H and O–H groups in total. The van der Waals surface area contributed by atoms with E-state index >= 15 is 0 Å². The molecule has 2 aromatic rings. The lowest BCUT2D eigenvalue weighted by Gasteiger charge is -2.39. The van der Waals surface area contributed by atoms with Crippen LogP contribution < -0.4 is 5.32 Å². The Balaban J connectivity index is 1.65. The van der Waals surface area contributed by atoms with Crippen LogP contribution in [0.1, 0.15) is 23.0 Å². The fourth-order valence-corrected chi connectivity index (χ4v) is 2.95. The van der Waals surface area contributed by atoms with Crippen LogP contribution in [0.2, 0.25) is 0 Å². The molecule has 0 bridgehead atoms. The molecule has 0 radical (unpaired) electrons. The smallest absolute Gasteiger partial charge is 0.128 e. The summed E-state index contributed by atoms with van der Waals surface area (Å²) in [5.41, 5.74) is 3.19. The number of nitrogens with zero attached hydrogens (tertiary/aromatic N) is 4. The van der Waals surface area contributed by atoms with Crippen molar-refractivity contribution in [3.63, 3.8) is 0 Å². The van der Waals surface area contributed by atoms with Crippen LogP contribution in [0.3, 0.4) is 0 Å². The van der Waals surface area contributed by atoms with Gasteiger partial charge in [-0.05, 0) is 20.0 Å². The van der Waals surface area contributed by atoms with Crippen LogP contribution >= 0.6 is 0 Å². The maximum absolute atomic E-state index is 6.01. The Hall–Kier alpha value is -1.70. The van der Waals surface area contributed by atoms with Crippen molar-refractivity contribution < 1.29 is 9.26 Å². The topological polar surface area (TPSA) is 68.4 Å². The van der Waals surface area contributed by atoms with Crippen LogP contribution in [0.25, 0.3) is 0 Å². The molecular weight excluding hydrogens is 282 g/mol. The number of aromatic nitrogens is 3. The number of ether oxygens (including phenoxy) is 1. The lowest BCUT2D eigenvalue weighted by atomic mass is 10.0. The van der Waals surface area contributed by atoms with Gasteiger partial charge in [0, 0.05) is 38.4 Å². The summed E-state index contributed by atoms with van der Waals surface area (Å²) in [5.74, 6) is 0. The first kappa shape index (κ1) is 15.2. The van der Waals surface area contributed by atoms with Crippen molar-refractivity contribution in [1.29, 1.82) is 0 Å². The van der Waals surface area contributed by atoms with E-state index < -0.39 is 0 Å². The van der Waals surface area contributed by atoms with Gasteiger partial charge < -0.3 is 14.6 Å². The molecule has 1 saturated heterocycles. The molecule has 0 aliphatic carbocycles. The fraction of sp³-hybridized carbons (Fsp3) is 0.600. The molecule has 1 aliphatic rings. The van der Waals surface area contributed by atoms with Gasteiger partial charge in [0.25, 0.3) is 0 Å². The number of nitrogens with one attached hydrogen (secondary N) is 1. The molecule has 2 aromatic heterocycles. The SMILES string of the molecule is Cc1nocc1CNC[C@@H]1OCCN(C)[C@H]1c1ccnn1C. The zero-order chi connectivity index (χ0) is 15.5. The molecule has 22 heavy (non-hydrogen) atoms. The first-order chi connectivity index (χ1) is 10.7. The van der Waals surface area contributed by atoms with E-state index in [1.807, 2.05) is 24.9 Å². The van der Waals surface area contributed by atoms with Crippen LogP contribution in [-0.2, 0) is 18.3 Å². The summed E-state index contributed by atoms with van der Waals surface area (Å²) in [4.78, 5) is 2.33. The van der Waals surface area contributed by atoms with Gasteiger partial charge in [-0.15, -0.1) is 0 Å². The van der Waals surface area contributed by atoms with Crippen molar-refractivity contribution in [2.45, 2.75) is 25.6 Å². The molecule has 1 aliphatic heterocycles. The molecule has 1 fully saturated rings.